The summed E-state index contributed by atoms with van der Waals surface area (Å²) < 4.78 is 0.476. The summed E-state index contributed by atoms with van der Waals surface area (Å²) in [7, 11) is 0. The lowest BCUT2D eigenvalue weighted by Crippen LogP contribution is -2.23. The van der Waals surface area contributed by atoms with Crippen LogP contribution in [0.3, 0.4) is 0 Å². The second-order valence-electron chi connectivity index (χ2n) is 3.90. The van der Waals surface area contributed by atoms with Crippen LogP contribution in [-0.4, -0.2) is 9.97 Å². The highest BCUT2D eigenvalue weighted by molar-refractivity contribution is 9.10. The van der Waals surface area contributed by atoms with Gasteiger partial charge in [-0.2, -0.15) is 0 Å². The van der Waals surface area contributed by atoms with Crippen LogP contribution >= 0.6 is 15.9 Å². The summed E-state index contributed by atoms with van der Waals surface area (Å²) in [6, 6.07) is 8.25. The first-order chi connectivity index (χ1) is 7.75. The molecule has 4 heteroatoms. The van der Waals surface area contributed by atoms with E-state index in [1.807, 2.05) is 12.1 Å². The number of nitrogens with one attached hydrogen (secondary N) is 1. The summed E-state index contributed by atoms with van der Waals surface area (Å²) in [5.41, 5.74) is 2.50. The van der Waals surface area contributed by atoms with Gasteiger partial charge in [-0.15, -0.1) is 0 Å². The lowest BCUT2D eigenvalue weighted by atomic mass is 9.77. The minimum Gasteiger partial charge on any atom is -0.309 e. The van der Waals surface area contributed by atoms with Crippen LogP contribution in [0.4, 0.5) is 0 Å². The molecule has 1 heterocycles. The second kappa shape index (κ2) is 3.56. The third-order valence-corrected chi connectivity index (χ3v) is 3.52. The largest absolute Gasteiger partial charge is 0.309 e. The molecule has 1 aliphatic carbocycles. The van der Waals surface area contributed by atoms with Gasteiger partial charge in [0.1, 0.15) is 10.3 Å². The fourth-order valence-electron chi connectivity index (χ4n) is 2.07. The number of aromatic amines is 1. The van der Waals surface area contributed by atoms with Crippen LogP contribution in [0.2, 0.25) is 0 Å². The Labute approximate surface area is 101 Å². The van der Waals surface area contributed by atoms with Crippen LogP contribution in [0, 0.1) is 0 Å². The van der Waals surface area contributed by atoms with Crippen LogP contribution in [0.1, 0.15) is 22.9 Å². The van der Waals surface area contributed by atoms with Crippen molar-refractivity contribution in [3.8, 4) is 0 Å². The maximum Gasteiger partial charge on any atom is 0.265 e. The molecule has 80 valence electrons. The summed E-state index contributed by atoms with van der Waals surface area (Å²) in [5.74, 6) is 1.00. The number of halogens is 1. The van der Waals surface area contributed by atoms with Crippen LogP contribution in [-0.2, 0) is 6.42 Å². The van der Waals surface area contributed by atoms with E-state index < -0.39 is 0 Å². The van der Waals surface area contributed by atoms with E-state index in [1.54, 1.807) is 6.20 Å². The van der Waals surface area contributed by atoms with Crippen molar-refractivity contribution in [3.05, 3.63) is 62.2 Å². The van der Waals surface area contributed by atoms with Crippen molar-refractivity contribution in [1.82, 2.24) is 9.97 Å². The van der Waals surface area contributed by atoms with Crippen molar-refractivity contribution in [2.24, 2.45) is 0 Å². The Morgan fingerprint density at radius 2 is 2.19 bits per heavy atom. The number of benzene rings is 1. The molecule has 1 atom stereocenters. The zero-order chi connectivity index (χ0) is 11.1. The van der Waals surface area contributed by atoms with Crippen molar-refractivity contribution >= 4 is 15.9 Å². The molecule has 0 fully saturated rings. The molecule has 1 aliphatic rings. The van der Waals surface area contributed by atoms with Crippen molar-refractivity contribution in [2.45, 2.75) is 12.3 Å². The zero-order valence-corrected chi connectivity index (χ0v) is 9.99. The Bertz CT molecular complexity index is 606. The molecule has 1 aromatic heterocycles. The van der Waals surface area contributed by atoms with Crippen molar-refractivity contribution in [1.29, 1.82) is 0 Å². The van der Waals surface area contributed by atoms with Crippen molar-refractivity contribution < 1.29 is 0 Å². The molecule has 1 unspecified atom stereocenters. The number of nitrogens with zero attached hydrogens (tertiary/aromatic N) is 1. The van der Waals surface area contributed by atoms with Gasteiger partial charge < -0.3 is 4.98 Å². The molecular weight excluding hydrogens is 268 g/mol. The topological polar surface area (TPSA) is 45.8 Å². The van der Waals surface area contributed by atoms with E-state index in [0.29, 0.717) is 4.47 Å². The third-order valence-electron chi connectivity index (χ3n) is 2.96. The van der Waals surface area contributed by atoms with Gasteiger partial charge in [0.15, 0.2) is 0 Å². The van der Waals surface area contributed by atoms with Crippen LogP contribution in [0.25, 0.3) is 0 Å². The van der Waals surface area contributed by atoms with Crippen molar-refractivity contribution in [2.75, 3.05) is 0 Å². The lowest BCUT2D eigenvalue weighted by molar-refractivity contribution is 0.655. The van der Waals surface area contributed by atoms with Gasteiger partial charge in [0.2, 0.25) is 0 Å². The van der Waals surface area contributed by atoms with E-state index in [4.69, 9.17) is 0 Å². The Morgan fingerprint density at radius 3 is 2.94 bits per heavy atom. The molecule has 0 spiro atoms. The first kappa shape index (κ1) is 9.78. The molecule has 2 aromatic rings. The number of hydrogen-bond donors (Lipinski definition) is 1. The Kier molecular flexibility index (Phi) is 2.17. The second-order valence-corrected chi connectivity index (χ2v) is 4.76. The molecule has 16 heavy (non-hydrogen) atoms. The number of fused-ring (bicyclic) bond motifs is 1. The molecule has 0 saturated heterocycles. The summed E-state index contributed by atoms with van der Waals surface area (Å²) >= 11 is 3.14. The Morgan fingerprint density at radius 1 is 1.38 bits per heavy atom. The fraction of sp³-hybridized carbons (Fsp3) is 0.167. The molecule has 1 aromatic carbocycles. The number of H-pyrrole nitrogens is 1. The average molecular weight is 277 g/mol. The van der Waals surface area contributed by atoms with Gasteiger partial charge in [-0.25, -0.2) is 4.98 Å². The molecule has 3 rings (SSSR count). The van der Waals surface area contributed by atoms with E-state index in [-0.39, 0.29) is 11.5 Å². The first-order valence-electron chi connectivity index (χ1n) is 5.08. The van der Waals surface area contributed by atoms with E-state index >= 15 is 0 Å². The monoisotopic (exact) mass is 276 g/mol. The summed E-state index contributed by atoms with van der Waals surface area (Å²) in [6.07, 6.45) is 2.52. The van der Waals surface area contributed by atoms with Gasteiger partial charge >= 0.3 is 0 Å². The van der Waals surface area contributed by atoms with E-state index in [9.17, 15) is 4.79 Å². The average Bonchev–Trinajstić information content (AvgIpc) is 2.25. The standard InChI is InChI=1S/C12H9BrN2O/c13-10-6-14-11(15-12(10)16)9-5-7-3-1-2-4-8(7)9/h1-4,6,9H,5H2,(H,14,15,16). The molecular formula is C12H9BrN2O. The molecule has 0 amide bonds. The molecule has 0 bridgehead atoms. The Balaban J connectivity index is 2.03. The van der Waals surface area contributed by atoms with Gasteiger partial charge in [-0.05, 0) is 33.5 Å². The van der Waals surface area contributed by atoms with E-state index in [0.717, 1.165) is 12.2 Å². The predicted molar refractivity (Wildman–Crippen MR) is 64.5 cm³/mol. The van der Waals surface area contributed by atoms with E-state index in [1.165, 1.54) is 11.1 Å². The highest BCUT2D eigenvalue weighted by atomic mass is 79.9. The molecule has 3 nitrogen and oxygen atoms in total. The number of hydrogen-bond acceptors (Lipinski definition) is 2. The highest BCUT2D eigenvalue weighted by Gasteiger charge is 2.28. The lowest BCUT2D eigenvalue weighted by Gasteiger charge is -2.28. The number of aromatic nitrogens is 2. The molecule has 1 N–H and O–H groups in total. The molecule has 0 saturated carbocycles. The van der Waals surface area contributed by atoms with Crippen LogP contribution in [0.15, 0.2) is 39.7 Å². The van der Waals surface area contributed by atoms with Gasteiger partial charge in [0, 0.05) is 12.1 Å². The van der Waals surface area contributed by atoms with Crippen LogP contribution < -0.4 is 5.56 Å². The minimum absolute atomic E-state index is 0.116. The number of rotatable bonds is 1. The smallest absolute Gasteiger partial charge is 0.265 e. The van der Waals surface area contributed by atoms with Crippen molar-refractivity contribution in [3.63, 3.8) is 0 Å². The maximum absolute atomic E-state index is 11.5. The SMILES string of the molecule is O=c1[nH]c(C2Cc3ccccc32)ncc1Br. The van der Waals surface area contributed by atoms with Crippen LogP contribution in [0.5, 0.6) is 0 Å². The first-order valence-corrected chi connectivity index (χ1v) is 5.87. The quantitative estimate of drug-likeness (QED) is 0.868. The molecule has 0 aliphatic heterocycles. The van der Waals surface area contributed by atoms with Gasteiger partial charge in [-0.1, -0.05) is 24.3 Å². The summed E-state index contributed by atoms with van der Waals surface area (Å²) in [4.78, 5) is 18.5. The molecule has 0 radical (unpaired) electrons. The van der Waals surface area contributed by atoms with Gasteiger partial charge in [0.25, 0.3) is 5.56 Å². The summed E-state index contributed by atoms with van der Waals surface area (Å²) in [5, 5.41) is 0. The van der Waals surface area contributed by atoms with Gasteiger partial charge in [-0.3, -0.25) is 4.79 Å². The third kappa shape index (κ3) is 1.41. The zero-order valence-electron chi connectivity index (χ0n) is 8.40. The summed E-state index contributed by atoms with van der Waals surface area (Å²) in [6.45, 7) is 0. The minimum atomic E-state index is -0.116. The van der Waals surface area contributed by atoms with E-state index in [2.05, 4.69) is 38.0 Å². The fourth-order valence-corrected chi connectivity index (χ4v) is 2.27. The Hall–Kier alpha value is -1.42. The van der Waals surface area contributed by atoms with Gasteiger partial charge in [0.05, 0.1) is 0 Å². The predicted octanol–water partition coefficient (Wildman–Crippen LogP) is 2.22. The normalized spacial score (nSPS) is 17.7. The highest BCUT2D eigenvalue weighted by Crippen LogP contribution is 2.37. The maximum atomic E-state index is 11.5.